The third-order valence-electron chi connectivity index (χ3n) is 4.82. The maximum Gasteiger partial charge on any atom is 0.306 e. The predicted octanol–water partition coefficient (Wildman–Crippen LogP) is 2.66. The maximum atomic E-state index is 11.1. The largest absolute Gasteiger partial charge is 0.481 e. The lowest BCUT2D eigenvalue weighted by Crippen LogP contribution is -2.22. The summed E-state index contributed by atoms with van der Waals surface area (Å²) in [5.41, 5.74) is 2.32. The van der Waals surface area contributed by atoms with Crippen LogP contribution in [-0.4, -0.2) is 20.6 Å². The molecule has 4 heteroatoms. The monoisotopic (exact) mass is 262 g/mol. The lowest BCUT2D eigenvalue weighted by Gasteiger charge is -2.21. The van der Waals surface area contributed by atoms with Gasteiger partial charge in [-0.15, -0.1) is 0 Å². The molecule has 0 spiro atoms. The van der Waals surface area contributed by atoms with Crippen LogP contribution < -0.4 is 0 Å². The SMILES string of the molecule is Cn1c(C2CCCCC2)nc2c1CCC(C(=O)O)C2. The van der Waals surface area contributed by atoms with Gasteiger partial charge in [-0.1, -0.05) is 19.3 Å². The zero-order chi connectivity index (χ0) is 13.4. The quantitative estimate of drug-likeness (QED) is 0.891. The number of imidazole rings is 1. The first kappa shape index (κ1) is 12.7. The second-order valence-electron chi connectivity index (χ2n) is 6.04. The molecule has 1 heterocycles. The van der Waals surface area contributed by atoms with Gasteiger partial charge >= 0.3 is 5.97 Å². The molecule has 1 unspecified atom stereocenters. The summed E-state index contributed by atoms with van der Waals surface area (Å²) in [4.78, 5) is 15.9. The molecule has 3 rings (SSSR count). The molecule has 1 aromatic rings. The van der Waals surface area contributed by atoms with Gasteiger partial charge in [0.2, 0.25) is 0 Å². The van der Waals surface area contributed by atoms with Crippen LogP contribution in [0.25, 0.3) is 0 Å². The van der Waals surface area contributed by atoms with Crippen molar-refractivity contribution in [2.75, 3.05) is 0 Å². The first-order valence-electron chi connectivity index (χ1n) is 7.44. The minimum atomic E-state index is -0.671. The van der Waals surface area contributed by atoms with Crippen LogP contribution in [0.1, 0.15) is 61.7 Å². The highest BCUT2D eigenvalue weighted by Gasteiger charge is 2.30. The van der Waals surface area contributed by atoms with Crippen molar-refractivity contribution in [3.8, 4) is 0 Å². The fourth-order valence-corrected chi connectivity index (χ4v) is 3.67. The molecule has 19 heavy (non-hydrogen) atoms. The molecule has 0 bridgehead atoms. The van der Waals surface area contributed by atoms with Crippen molar-refractivity contribution in [2.45, 2.75) is 57.3 Å². The van der Waals surface area contributed by atoms with Gasteiger partial charge in [-0.3, -0.25) is 4.79 Å². The molecule has 0 amide bonds. The van der Waals surface area contributed by atoms with E-state index in [2.05, 4.69) is 11.6 Å². The van der Waals surface area contributed by atoms with E-state index in [1.54, 1.807) is 0 Å². The van der Waals surface area contributed by atoms with Gasteiger partial charge in [-0.25, -0.2) is 4.98 Å². The fraction of sp³-hybridized carbons (Fsp3) is 0.733. The van der Waals surface area contributed by atoms with Gasteiger partial charge in [0, 0.05) is 25.1 Å². The molecular formula is C15H22N2O2. The number of carboxylic acids is 1. The summed E-state index contributed by atoms with van der Waals surface area (Å²) in [7, 11) is 2.11. The average Bonchev–Trinajstić information content (AvgIpc) is 2.76. The number of fused-ring (bicyclic) bond motifs is 1. The Labute approximate surface area is 113 Å². The van der Waals surface area contributed by atoms with E-state index in [1.807, 2.05) is 0 Å². The van der Waals surface area contributed by atoms with Crippen LogP contribution in [0.3, 0.4) is 0 Å². The number of carboxylic acid groups (broad SMARTS) is 1. The number of nitrogens with zero attached hydrogens (tertiary/aromatic N) is 2. The van der Waals surface area contributed by atoms with Gasteiger partial charge < -0.3 is 9.67 Å². The topological polar surface area (TPSA) is 55.1 Å². The molecule has 1 saturated carbocycles. The van der Waals surface area contributed by atoms with E-state index in [9.17, 15) is 4.79 Å². The lowest BCUT2D eigenvalue weighted by molar-refractivity contribution is -0.142. The Morgan fingerprint density at radius 2 is 2.00 bits per heavy atom. The number of rotatable bonds is 2. The Morgan fingerprint density at radius 3 is 2.68 bits per heavy atom. The first-order valence-corrected chi connectivity index (χ1v) is 7.44. The Bertz CT molecular complexity index is 487. The first-order chi connectivity index (χ1) is 9.16. The molecule has 1 N–H and O–H groups in total. The van der Waals surface area contributed by atoms with Crippen molar-refractivity contribution in [1.82, 2.24) is 9.55 Å². The van der Waals surface area contributed by atoms with E-state index < -0.39 is 5.97 Å². The van der Waals surface area contributed by atoms with E-state index in [1.165, 1.54) is 43.6 Å². The Balaban J connectivity index is 1.86. The summed E-state index contributed by atoms with van der Waals surface area (Å²) in [6, 6.07) is 0. The third-order valence-corrected chi connectivity index (χ3v) is 4.82. The van der Waals surface area contributed by atoms with Crippen molar-refractivity contribution in [2.24, 2.45) is 13.0 Å². The molecule has 104 valence electrons. The number of aromatic nitrogens is 2. The van der Waals surface area contributed by atoms with Gasteiger partial charge in [0.1, 0.15) is 5.82 Å². The molecule has 2 aliphatic carbocycles. The van der Waals surface area contributed by atoms with Gasteiger partial charge in [-0.2, -0.15) is 0 Å². The number of carbonyl (C=O) groups is 1. The summed E-state index contributed by atoms with van der Waals surface area (Å²) < 4.78 is 2.25. The molecular weight excluding hydrogens is 240 g/mol. The number of hydrogen-bond acceptors (Lipinski definition) is 2. The van der Waals surface area contributed by atoms with E-state index in [0.717, 1.165) is 18.5 Å². The smallest absolute Gasteiger partial charge is 0.306 e. The number of aliphatic carboxylic acids is 1. The molecule has 2 aliphatic rings. The van der Waals surface area contributed by atoms with Crippen LogP contribution in [0.2, 0.25) is 0 Å². The van der Waals surface area contributed by atoms with Crippen molar-refractivity contribution in [3.63, 3.8) is 0 Å². The van der Waals surface area contributed by atoms with Crippen LogP contribution in [0.5, 0.6) is 0 Å². The normalized spacial score (nSPS) is 24.2. The Hall–Kier alpha value is -1.32. The van der Waals surface area contributed by atoms with Crippen LogP contribution >= 0.6 is 0 Å². The van der Waals surface area contributed by atoms with Crippen LogP contribution in [0.4, 0.5) is 0 Å². The minimum Gasteiger partial charge on any atom is -0.481 e. The maximum absolute atomic E-state index is 11.1. The standard InChI is InChI=1S/C15H22N2O2/c1-17-13-8-7-11(15(18)19)9-12(13)16-14(17)10-5-3-2-4-6-10/h10-11H,2-9H2,1H3,(H,18,19). The average molecular weight is 262 g/mol. The molecule has 0 radical (unpaired) electrons. The molecule has 1 aromatic heterocycles. The minimum absolute atomic E-state index is 0.235. The fourth-order valence-electron chi connectivity index (χ4n) is 3.67. The zero-order valence-electron chi connectivity index (χ0n) is 11.6. The second-order valence-corrected chi connectivity index (χ2v) is 6.04. The highest BCUT2D eigenvalue weighted by Crippen LogP contribution is 2.35. The zero-order valence-corrected chi connectivity index (χ0v) is 11.6. The Morgan fingerprint density at radius 1 is 1.26 bits per heavy atom. The molecule has 0 saturated heterocycles. The summed E-state index contributed by atoms with van der Waals surface area (Å²) >= 11 is 0. The van der Waals surface area contributed by atoms with Gasteiger partial charge in [0.15, 0.2) is 0 Å². The lowest BCUT2D eigenvalue weighted by atomic mass is 9.89. The molecule has 4 nitrogen and oxygen atoms in total. The summed E-state index contributed by atoms with van der Waals surface area (Å²) in [5.74, 6) is 0.889. The van der Waals surface area contributed by atoms with Crippen LogP contribution in [0.15, 0.2) is 0 Å². The van der Waals surface area contributed by atoms with Crippen molar-refractivity contribution >= 4 is 5.97 Å². The highest BCUT2D eigenvalue weighted by molar-refractivity contribution is 5.70. The predicted molar refractivity (Wildman–Crippen MR) is 72.2 cm³/mol. The van der Waals surface area contributed by atoms with Crippen LogP contribution in [0, 0.1) is 5.92 Å². The van der Waals surface area contributed by atoms with Gasteiger partial charge in [0.25, 0.3) is 0 Å². The van der Waals surface area contributed by atoms with E-state index in [0.29, 0.717) is 12.3 Å². The molecule has 1 fully saturated rings. The molecule has 1 atom stereocenters. The van der Waals surface area contributed by atoms with Gasteiger partial charge in [-0.05, 0) is 25.7 Å². The van der Waals surface area contributed by atoms with Crippen molar-refractivity contribution in [3.05, 3.63) is 17.2 Å². The second kappa shape index (κ2) is 4.99. The van der Waals surface area contributed by atoms with Crippen molar-refractivity contribution < 1.29 is 9.90 Å². The number of hydrogen-bond donors (Lipinski definition) is 1. The summed E-state index contributed by atoms with van der Waals surface area (Å²) in [6.07, 6.45) is 8.68. The van der Waals surface area contributed by atoms with E-state index >= 15 is 0 Å². The molecule has 0 aliphatic heterocycles. The highest BCUT2D eigenvalue weighted by atomic mass is 16.4. The van der Waals surface area contributed by atoms with E-state index in [-0.39, 0.29) is 5.92 Å². The van der Waals surface area contributed by atoms with Crippen molar-refractivity contribution in [1.29, 1.82) is 0 Å². The third kappa shape index (κ3) is 2.28. The Kier molecular flexibility index (Phi) is 3.33. The van der Waals surface area contributed by atoms with E-state index in [4.69, 9.17) is 10.1 Å². The summed E-state index contributed by atoms with van der Waals surface area (Å²) in [5, 5.41) is 9.15. The molecule has 0 aromatic carbocycles. The summed E-state index contributed by atoms with van der Waals surface area (Å²) in [6.45, 7) is 0. The van der Waals surface area contributed by atoms with Gasteiger partial charge in [0.05, 0.1) is 11.6 Å². The van der Waals surface area contributed by atoms with Crippen LogP contribution in [-0.2, 0) is 24.7 Å².